The molecule has 0 aromatic heterocycles. The van der Waals surface area contributed by atoms with E-state index in [2.05, 4.69) is 0 Å². The number of hydrogen-bond acceptors (Lipinski definition) is 3. The van der Waals surface area contributed by atoms with Crippen molar-refractivity contribution in [1.29, 1.82) is 0 Å². The monoisotopic (exact) mass is 241 g/mol. The lowest BCUT2D eigenvalue weighted by Gasteiger charge is -2.11. The van der Waals surface area contributed by atoms with Gasteiger partial charge in [-0.2, -0.15) is 0 Å². The Morgan fingerprint density at radius 2 is 1.72 bits per heavy atom. The van der Waals surface area contributed by atoms with Gasteiger partial charge in [-0.25, -0.2) is 4.79 Å². The fourth-order valence-corrected chi connectivity index (χ4v) is 1.60. The standard InChI is InChI=1S/C14H10O4/c15-12(14(17)18)6-5-11-7-9-3-1-2-4-10(9)8-13(11)16/h1-8,16H,(H,17,18)/p-1/b6-5-. The molecule has 0 bridgehead atoms. The van der Waals surface area contributed by atoms with E-state index in [0.717, 1.165) is 16.8 Å². The van der Waals surface area contributed by atoms with Crippen LogP contribution < -0.4 is 5.11 Å². The first-order chi connectivity index (χ1) is 8.58. The molecule has 0 aliphatic heterocycles. The molecule has 2 aromatic rings. The molecule has 0 unspecified atom stereocenters. The van der Waals surface area contributed by atoms with E-state index in [1.165, 1.54) is 12.1 Å². The molecule has 0 spiro atoms. The van der Waals surface area contributed by atoms with Gasteiger partial charge in [0.25, 0.3) is 5.78 Å². The molecule has 0 aliphatic carbocycles. The highest BCUT2D eigenvalue weighted by Gasteiger charge is 2.05. The van der Waals surface area contributed by atoms with Crippen LogP contribution in [0.5, 0.6) is 5.75 Å². The van der Waals surface area contributed by atoms with E-state index in [-0.39, 0.29) is 5.75 Å². The van der Waals surface area contributed by atoms with Crippen LogP contribution in [0.15, 0.2) is 42.5 Å². The van der Waals surface area contributed by atoms with Crippen LogP contribution in [-0.4, -0.2) is 16.9 Å². The maximum absolute atomic E-state index is 11.7. The number of hydrogen-bond donors (Lipinski definition) is 1. The maximum Gasteiger partial charge on any atom is 0.376 e. The van der Waals surface area contributed by atoms with E-state index in [4.69, 9.17) is 5.11 Å². The first-order valence-corrected chi connectivity index (χ1v) is 5.23. The van der Waals surface area contributed by atoms with E-state index in [1.807, 2.05) is 24.3 Å². The lowest BCUT2D eigenvalue weighted by Crippen LogP contribution is -2.08. The largest absolute Gasteiger partial charge is 0.872 e. The minimum absolute atomic E-state index is 0.247. The van der Waals surface area contributed by atoms with E-state index in [9.17, 15) is 14.7 Å². The number of aliphatic carboxylic acids is 1. The van der Waals surface area contributed by atoms with E-state index < -0.39 is 11.8 Å². The second-order valence-corrected chi connectivity index (χ2v) is 3.74. The van der Waals surface area contributed by atoms with Crippen LogP contribution in [0.4, 0.5) is 0 Å². The van der Waals surface area contributed by atoms with Crippen LogP contribution in [0.2, 0.25) is 0 Å². The van der Waals surface area contributed by atoms with Crippen molar-refractivity contribution >= 4 is 28.6 Å². The summed E-state index contributed by atoms with van der Waals surface area (Å²) in [5.74, 6) is -2.84. The molecule has 1 N–H and O–H groups in total. The molecule has 2 rings (SSSR count). The summed E-state index contributed by atoms with van der Waals surface area (Å²) in [5.41, 5.74) is 0.295. The quantitative estimate of drug-likeness (QED) is 0.653. The summed E-state index contributed by atoms with van der Waals surface area (Å²) in [5, 5.41) is 21.8. The minimum atomic E-state index is -1.54. The molecule has 4 heteroatoms. The molecule has 0 heterocycles. The number of carbonyl (C=O) groups is 2. The number of carboxylic acid groups (broad SMARTS) is 1. The third-order valence-electron chi connectivity index (χ3n) is 2.50. The Balaban J connectivity index is 2.42. The van der Waals surface area contributed by atoms with E-state index in [1.54, 1.807) is 6.07 Å². The Kier molecular flexibility index (Phi) is 3.10. The highest BCUT2D eigenvalue weighted by molar-refractivity contribution is 6.38. The number of benzene rings is 2. The first kappa shape index (κ1) is 11.9. The summed E-state index contributed by atoms with van der Waals surface area (Å²) in [7, 11) is 0. The Labute approximate surface area is 103 Å². The molecule has 90 valence electrons. The number of ketones is 1. The van der Waals surface area contributed by atoms with Crippen LogP contribution in [0.25, 0.3) is 16.8 Å². The summed E-state index contributed by atoms with van der Waals surface area (Å²) < 4.78 is 0. The molecule has 0 atom stereocenters. The maximum atomic E-state index is 11.7. The Morgan fingerprint density at radius 3 is 2.33 bits per heavy atom. The Hall–Kier alpha value is -2.62. The number of fused-ring (bicyclic) bond motifs is 1. The van der Waals surface area contributed by atoms with Crippen molar-refractivity contribution in [3.63, 3.8) is 0 Å². The number of rotatable bonds is 3. The highest BCUT2D eigenvalue weighted by Crippen LogP contribution is 2.23. The van der Waals surface area contributed by atoms with Gasteiger partial charge in [-0.1, -0.05) is 36.4 Å². The normalized spacial score (nSPS) is 10.9. The minimum Gasteiger partial charge on any atom is -0.872 e. The average Bonchev–Trinajstić information content (AvgIpc) is 2.35. The molecule has 0 radical (unpaired) electrons. The predicted molar refractivity (Wildman–Crippen MR) is 65.1 cm³/mol. The van der Waals surface area contributed by atoms with Crippen molar-refractivity contribution in [2.75, 3.05) is 0 Å². The van der Waals surface area contributed by atoms with Gasteiger partial charge >= 0.3 is 5.97 Å². The van der Waals surface area contributed by atoms with Gasteiger partial charge in [-0.15, -0.1) is 5.75 Å². The van der Waals surface area contributed by atoms with Crippen LogP contribution >= 0.6 is 0 Å². The highest BCUT2D eigenvalue weighted by atomic mass is 16.4. The third kappa shape index (κ3) is 2.38. The van der Waals surface area contributed by atoms with Gasteiger partial charge in [0, 0.05) is 0 Å². The SMILES string of the molecule is O=C(O)C(=O)/C=C\c1cc2ccccc2cc1[O-]. The molecule has 0 aliphatic rings. The zero-order valence-corrected chi connectivity index (χ0v) is 9.29. The molecule has 0 amide bonds. The van der Waals surface area contributed by atoms with Gasteiger partial charge in [-0.3, -0.25) is 4.79 Å². The van der Waals surface area contributed by atoms with Gasteiger partial charge in [0.2, 0.25) is 0 Å². The Bertz CT molecular complexity index is 656. The molecule has 4 nitrogen and oxygen atoms in total. The molecule has 0 saturated heterocycles. The fraction of sp³-hybridized carbons (Fsp3) is 0. The van der Waals surface area contributed by atoms with Crippen molar-refractivity contribution < 1.29 is 19.8 Å². The summed E-state index contributed by atoms with van der Waals surface area (Å²) in [6, 6.07) is 10.4. The molecule has 2 aromatic carbocycles. The Morgan fingerprint density at radius 1 is 1.11 bits per heavy atom. The molecule has 0 saturated carbocycles. The first-order valence-electron chi connectivity index (χ1n) is 5.23. The zero-order chi connectivity index (χ0) is 13.1. The van der Waals surface area contributed by atoms with Crippen molar-refractivity contribution in [3.8, 4) is 5.75 Å². The lowest BCUT2D eigenvalue weighted by atomic mass is 10.1. The average molecular weight is 241 g/mol. The van der Waals surface area contributed by atoms with Crippen molar-refractivity contribution in [3.05, 3.63) is 48.0 Å². The smallest absolute Gasteiger partial charge is 0.376 e. The van der Waals surface area contributed by atoms with E-state index in [0.29, 0.717) is 5.56 Å². The lowest BCUT2D eigenvalue weighted by molar-refractivity contribution is -0.268. The van der Waals surface area contributed by atoms with Crippen LogP contribution in [0.1, 0.15) is 5.56 Å². The zero-order valence-electron chi connectivity index (χ0n) is 9.29. The van der Waals surface area contributed by atoms with Crippen molar-refractivity contribution in [2.45, 2.75) is 0 Å². The summed E-state index contributed by atoms with van der Waals surface area (Å²) in [4.78, 5) is 21.2. The van der Waals surface area contributed by atoms with Crippen LogP contribution in [-0.2, 0) is 9.59 Å². The number of carboxylic acids is 1. The molecule has 18 heavy (non-hydrogen) atoms. The second kappa shape index (κ2) is 4.71. The van der Waals surface area contributed by atoms with Crippen LogP contribution in [0, 0.1) is 0 Å². The third-order valence-corrected chi connectivity index (χ3v) is 2.50. The fourth-order valence-electron chi connectivity index (χ4n) is 1.60. The topological polar surface area (TPSA) is 77.4 Å². The second-order valence-electron chi connectivity index (χ2n) is 3.74. The van der Waals surface area contributed by atoms with Crippen molar-refractivity contribution in [2.24, 2.45) is 0 Å². The van der Waals surface area contributed by atoms with Crippen molar-refractivity contribution in [1.82, 2.24) is 0 Å². The summed E-state index contributed by atoms with van der Waals surface area (Å²) >= 11 is 0. The van der Waals surface area contributed by atoms with Crippen LogP contribution in [0.3, 0.4) is 0 Å². The predicted octanol–water partition coefficient (Wildman–Crippen LogP) is 1.58. The van der Waals surface area contributed by atoms with Gasteiger partial charge in [0.15, 0.2) is 0 Å². The summed E-state index contributed by atoms with van der Waals surface area (Å²) in [6.45, 7) is 0. The van der Waals surface area contributed by atoms with Gasteiger partial charge in [0.05, 0.1) is 0 Å². The van der Waals surface area contributed by atoms with Gasteiger partial charge in [0.1, 0.15) is 0 Å². The summed E-state index contributed by atoms with van der Waals surface area (Å²) in [6.07, 6.45) is 2.11. The number of carbonyl (C=O) groups excluding carboxylic acids is 1. The molecular formula is C14H9O4-. The molecule has 0 fully saturated rings. The van der Waals surface area contributed by atoms with E-state index >= 15 is 0 Å². The van der Waals surface area contributed by atoms with Gasteiger partial charge < -0.3 is 10.2 Å². The molecular weight excluding hydrogens is 232 g/mol. The van der Waals surface area contributed by atoms with Gasteiger partial charge in [-0.05, 0) is 28.5 Å².